The van der Waals surface area contributed by atoms with Crippen molar-refractivity contribution in [2.24, 2.45) is 0 Å². The third-order valence-corrected chi connectivity index (χ3v) is 5.87. The fraction of sp³-hybridized carbons (Fsp3) is 0.700. The molecule has 2 aromatic heterocycles. The van der Waals surface area contributed by atoms with E-state index in [2.05, 4.69) is 0 Å². The summed E-state index contributed by atoms with van der Waals surface area (Å²) in [5.41, 5.74) is 0. The molecule has 0 fully saturated rings. The molecule has 0 spiro atoms. The molecular weight excluding hydrogens is 432 g/mol. The van der Waals surface area contributed by atoms with Crippen molar-refractivity contribution < 1.29 is 37.9 Å². The lowest BCUT2D eigenvalue weighted by Gasteiger charge is -2.07. The summed E-state index contributed by atoms with van der Waals surface area (Å²) >= 11 is 3.24. The van der Waals surface area contributed by atoms with Crippen LogP contribution in [0, 0.1) is 0 Å². The van der Waals surface area contributed by atoms with Gasteiger partial charge in [0.25, 0.3) is 0 Å². The van der Waals surface area contributed by atoms with Crippen LogP contribution in [0.3, 0.4) is 0 Å². The molecule has 30 heavy (non-hydrogen) atoms. The molecule has 0 saturated heterocycles. The minimum absolute atomic E-state index is 0.498. The zero-order valence-electron chi connectivity index (χ0n) is 17.7. The second-order valence-electron chi connectivity index (χ2n) is 5.99. The molecule has 0 N–H and O–H groups in total. The molecule has 0 aromatic carbocycles. The van der Waals surface area contributed by atoms with Gasteiger partial charge in [0, 0.05) is 25.0 Å². The van der Waals surface area contributed by atoms with Crippen LogP contribution in [0.15, 0.2) is 10.8 Å². The topological polar surface area (TPSA) is 73.8 Å². The molecule has 0 saturated carbocycles. The Hall–Kier alpha value is -0.980. The van der Waals surface area contributed by atoms with Crippen LogP contribution >= 0.6 is 22.7 Å². The van der Waals surface area contributed by atoms with Crippen LogP contribution in [0.1, 0.15) is 0 Å². The second kappa shape index (κ2) is 16.7. The summed E-state index contributed by atoms with van der Waals surface area (Å²) in [6.07, 6.45) is 0. The average molecular weight is 465 g/mol. The lowest BCUT2D eigenvalue weighted by atomic mass is 10.4. The Bertz CT molecular complexity index is 604. The van der Waals surface area contributed by atoms with Gasteiger partial charge < -0.3 is 37.9 Å². The van der Waals surface area contributed by atoms with E-state index in [0.717, 1.165) is 20.9 Å². The highest BCUT2D eigenvalue weighted by Gasteiger charge is 2.13. The molecule has 2 heterocycles. The first-order valence-corrected chi connectivity index (χ1v) is 11.7. The van der Waals surface area contributed by atoms with Crippen LogP contribution in [0.4, 0.5) is 0 Å². The highest BCUT2D eigenvalue weighted by molar-refractivity contribution is 7.27. The van der Waals surface area contributed by atoms with Gasteiger partial charge in [-0.25, -0.2) is 0 Å². The zero-order valence-corrected chi connectivity index (χ0v) is 19.4. The Kier molecular flexibility index (Phi) is 14.1. The van der Waals surface area contributed by atoms with Gasteiger partial charge in [0.15, 0.2) is 0 Å². The van der Waals surface area contributed by atoms with Crippen molar-refractivity contribution in [2.75, 3.05) is 93.5 Å². The fourth-order valence-electron chi connectivity index (χ4n) is 2.33. The van der Waals surface area contributed by atoms with Crippen LogP contribution in [-0.2, 0) is 28.4 Å². The highest BCUT2D eigenvalue weighted by atomic mass is 32.1. The third-order valence-electron chi connectivity index (χ3n) is 3.80. The quantitative estimate of drug-likeness (QED) is 0.277. The molecule has 10 heteroatoms. The SMILES string of the molecule is COCCOCCOCCOc1csc2c(OCCOCCOCCOC)csc12. The van der Waals surface area contributed by atoms with Crippen molar-refractivity contribution in [2.45, 2.75) is 0 Å². The van der Waals surface area contributed by atoms with Crippen LogP contribution in [-0.4, -0.2) is 93.5 Å². The predicted molar refractivity (Wildman–Crippen MR) is 118 cm³/mol. The van der Waals surface area contributed by atoms with Gasteiger partial charge in [-0.3, -0.25) is 0 Å². The van der Waals surface area contributed by atoms with E-state index < -0.39 is 0 Å². The summed E-state index contributed by atoms with van der Waals surface area (Å²) in [6.45, 7) is 6.61. The Morgan fingerprint density at radius 3 is 1.20 bits per heavy atom. The smallest absolute Gasteiger partial charge is 0.148 e. The van der Waals surface area contributed by atoms with Crippen molar-refractivity contribution >= 4 is 32.1 Å². The Morgan fingerprint density at radius 2 is 0.833 bits per heavy atom. The summed E-state index contributed by atoms with van der Waals surface area (Å²) in [7, 11) is 3.30. The van der Waals surface area contributed by atoms with Crippen LogP contribution in [0.2, 0.25) is 0 Å². The van der Waals surface area contributed by atoms with E-state index >= 15 is 0 Å². The minimum Gasteiger partial charge on any atom is -0.489 e. The Balaban J connectivity index is 1.55. The van der Waals surface area contributed by atoms with Gasteiger partial charge in [-0.1, -0.05) is 0 Å². The average Bonchev–Trinajstić information content (AvgIpc) is 3.34. The molecular formula is C20H32O8S2. The Labute approximate surface area is 185 Å². The van der Waals surface area contributed by atoms with Crippen LogP contribution in [0.5, 0.6) is 11.5 Å². The first kappa shape index (κ1) is 25.3. The van der Waals surface area contributed by atoms with E-state index in [1.165, 1.54) is 0 Å². The number of rotatable bonds is 20. The van der Waals surface area contributed by atoms with Gasteiger partial charge >= 0.3 is 0 Å². The van der Waals surface area contributed by atoms with Crippen LogP contribution in [0.25, 0.3) is 9.40 Å². The van der Waals surface area contributed by atoms with E-state index in [9.17, 15) is 0 Å². The molecule has 0 bridgehead atoms. The number of thiophene rings is 2. The summed E-state index contributed by atoms with van der Waals surface area (Å²) in [6, 6.07) is 0. The first-order chi connectivity index (χ1) is 14.9. The van der Waals surface area contributed by atoms with Crippen molar-refractivity contribution in [1.29, 1.82) is 0 Å². The fourth-order valence-corrected chi connectivity index (χ4v) is 4.47. The molecule has 0 aliphatic carbocycles. The molecule has 172 valence electrons. The summed E-state index contributed by atoms with van der Waals surface area (Å²) < 4.78 is 45.4. The third kappa shape index (κ3) is 9.88. The first-order valence-electron chi connectivity index (χ1n) is 9.90. The number of hydrogen-bond donors (Lipinski definition) is 0. The number of hydrogen-bond acceptors (Lipinski definition) is 10. The molecule has 0 amide bonds. The predicted octanol–water partition coefficient (Wildman–Crippen LogP) is 3.08. The van der Waals surface area contributed by atoms with E-state index in [4.69, 9.17) is 37.9 Å². The number of fused-ring (bicyclic) bond motifs is 1. The molecule has 0 unspecified atom stereocenters. The van der Waals surface area contributed by atoms with Crippen molar-refractivity contribution in [3.8, 4) is 11.5 Å². The molecule has 2 aromatic rings. The van der Waals surface area contributed by atoms with Gasteiger partial charge in [0.05, 0.1) is 75.5 Å². The normalized spacial score (nSPS) is 11.4. The van der Waals surface area contributed by atoms with Crippen molar-refractivity contribution in [3.63, 3.8) is 0 Å². The molecule has 0 atom stereocenters. The molecule has 0 aliphatic heterocycles. The number of ether oxygens (including phenoxy) is 8. The second-order valence-corrected chi connectivity index (χ2v) is 7.75. The van der Waals surface area contributed by atoms with E-state index in [-0.39, 0.29) is 0 Å². The molecule has 2 rings (SSSR count). The van der Waals surface area contributed by atoms with E-state index in [1.807, 2.05) is 10.8 Å². The largest absolute Gasteiger partial charge is 0.489 e. The molecule has 0 aliphatic rings. The van der Waals surface area contributed by atoms with E-state index in [1.54, 1.807) is 36.9 Å². The highest BCUT2D eigenvalue weighted by Crippen LogP contribution is 2.43. The monoisotopic (exact) mass is 464 g/mol. The minimum atomic E-state index is 0.498. The van der Waals surface area contributed by atoms with Crippen molar-refractivity contribution in [1.82, 2.24) is 0 Å². The summed E-state index contributed by atoms with van der Waals surface area (Å²) in [4.78, 5) is 0. The van der Waals surface area contributed by atoms with E-state index in [0.29, 0.717) is 79.3 Å². The molecule has 8 nitrogen and oxygen atoms in total. The van der Waals surface area contributed by atoms with Crippen molar-refractivity contribution in [3.05, 3.63) is 10.8 Å². The summed E-state index contributed by atoms with van der Waals surface area (Å²) in [5.74, 6) is 1.75. The summed E-state index contributed by atoms with van der Waals surface area (Å²) in [5, 5.41) is 4.02. The van der Waals surface area contributed by atoms with Crippen LogP contribution < -0.4 is 9.47 Å². The maximum atomic E-state index is 5.85. The lowest BCUT2D eigenvalue weighted by molar-refractivity contribution is 0.0180. The maximum Gasteiger partial charge on any atom is 0.148 e. The van der Waals surface area contributed by atoms with Gasteiger partial charge in [-0.15, -0.1) is 22.7 Å². The zero-order chi connectivity index (χ0) is 21.3. The number of methoxy groups -OCH3 is 2. The Morgan fingerprint density at radius 1 is 0.500 bits per heavy atom. The standard InChI is InChI=1S/C20H32O8S2/c1-21-3-5-23-7-9-25-11-13-27-17-15-29-20-18(16-30-19(17)20)28-14-12-26-10-8-24-6-4-22-2/h15-16H,3-14H2,1-2H3. The lowest BCUT2D eigenvalue weighted by Crippen LogP contribution is -2.12. The van der Waals surface area contributed by atoms with Gasteiger partial charge in [-0.05, 0) is 0 Å². The van der Waals surface area contributed by atoms with Gasteiger partial charge in [-0.2, -0.15) is 0 Å². The maximum absolute atomic E-state index is 5.85. The van der Waals surface area contributed by atoms with Gasteiger partial charge in [0.2, 0.25) is 0 Å². The molecule has 0 radical (unpaired) electrons. The van der Waals surface area contributed by atoms with Gasteiger partial charge in [0.1, 0.15) is 24.7 Å².